The number of amides is 1. The Morgan fingerprint density at radius 1 is 1.11 bits per heavy atom. The van der Waals surface area contributed by atoms with E-state index in [2.05, 4.69) is 0 Å². The Morgan fingerprint density at radius 2 is 1.74 bits per heavy atom. The van der Waals surface area contributed by atoms with E-state index in [1.54, 1.807) is 12.1 Å². The van der Waals surface area contributed by atoms with E-state index >= 15 is 0 Å². The molecular formula is C20H30N2O4S. The van der Waals surface area contributed by atoms with E-state index in [9.17, 15) is 13.2 Å². The lowest BCUT2D eigenvalue weighted by molar-refractivity contribution is -0.135. The second-order valence-corrected chi connectivity index (χ2v) is 9.68. The highest BCUT2D eigenvalue weighted by atomic mass is 32.2. The predicted octanol–water partition coefficient (Wildman–Crippen LogP) is 2.84. The number of likely N-dealkylation sites (tertiary alicyclic amines) is 1. The molecule has 0 unspecified atom stereocenters. The summed E-state index contributed by atoms with van der Waals surface area (Å²) in [6, 6.07) is 5.36. The molecule has 0 radical (unpaired) electrons. The van der Waals surface area contributed by atoms with E-state index in [0.717, 1.165) is 31.5 Å². The Bertz CT molecular complexity index is 777. The molecule has 0 bridgehead atoms. The molecule has 2 fully saturated rings. The first-order valence-corrected chi connectivity index (χ1v) is 11.3. The van der Waals surface area contributed by atoms with Crippen LogP contribution in [-0.4, -0.2) is 56.8 Å². The van der Waals surface area contributed by atoms with Gasteiger partial charge in [0.1, 0.15) is 10.6 Å². The third-order valence-electron chi connectivity index (χ3n) is 5.69. The van der Waals surface area contributed by atoms with Gasteiger partial charge in [-0.15, -0.1) is 0 Å². The maximum absolute atomic E-state index is 13.2. The van der Waals surface area contributed by atoms with Crippen LogP contribution in [0.1, 0.15) is 51.0 Å². The third-order valence-corrected chi connectivity index (χ3v) is 7.61. The fourth-order valence-electron chi connectivity index (χ4n) is 3.93. The lowest BCUT2D eigenvalue weighted by Gasteiger charge is -2.32. The molecule has 0 atom stereocenters. The number of benzene rings is 1. The Morgan fingerprint density at radius 3 is 2.30 bits per heavy atom. The maximum atomic E-state index is 13.2. The summed E-state index contributed by atoms with van der Waals surface area (Å²) in [5, 5.41) is 0. The number of carbonyl (C=O) groups is 1. The molecule has 150 valence electrons. The molecule has 0 saturated carbocycles. The first-order valence-electron chi connectivity index (χ1n) is 9.81. The minimum atomic E-state index is -3.65. The average molecular weight is 395 g/mol. The van der Waals surface area contributed by atoms with E-state index < -0.39 is 10.0 Å². The molecule has 2 saturated heterocycles. The van der Waals surface area contributed by atoms with Gasteiger partial charge >= 0.3 is 0 Å². The highest BCUT2D eigenvalue weighted by Crippen LogP contribution is 2.32. The summed E-state index contributed by atoms with van der Waals surface area (Å²) in [6.07, 6.45) is 3.32. The smallest absolute Gasteiger partial charge is 0.246 e. The molecule has 1 amide bonds. The SMILES string of the molecule is COc1ccc(C(C)C)cc1S(=O)(=O)N1CCC(C(=O)N2CCCC2)CC1. The van der Waals surface area contributed by atoms with Gasteiger partial charge in [-0.05, 0) is 49.3 Å². The lowest BCUT2D eigenvalue weighted by atomic mass is 9.97. The Kier molecular flexibility index (Phi) is 6.11. The quantitative estimate of drug-likeness (QED) is 0.770. The summed E-state index contributed by atoms with van der Waals surface area (Å²) < 4.78 is 33.3. The molecule has 1 aromatic rings. The van der Waals surface area contributed by atoms with Gasteiger partial charge in [-0.1, -0.05) is 19.9 Å². The molecule has 27 heavy (non-hydrogen) atoms. The Labute approximate surface area is 162 Å². The van der Waals surface area contributed by atoms with Crippen molar-refractivity contribution in [2.45, 2.75) is 50.3 Å². The lowest BCUT2D eigenvalue weighted by Crippen LogP contribution is -2.43. The molecule has 2 aliphatic rings. The van der Waals surface area contributed by atoms with Crippen molar-refractivity contribution in [3.05, 3.63) is 23.8 Å². The van der Waals surface area contributed by atoms with Crippen molar-refractivity contribution in [3.63, 3.8) is 0 Å². The standard InChI is InChI=1S/C20H30N2O4S/c1-15(2)17-6-7-18(26-3)19(14-17)27(24,25)22-12-8-16(9-13-22)20(23)21-10-4-5-11-21/h6-7,14-16H,4-5,8-13H2,1-3H3. The van der Waals surface area contributed by atoms with Crippen LogP contribution in [0.15, 0.2) is 23.1 Å². The monoisotopic (exact) mass is 394 g/mol. The van der Waals surface area contributed by atoms with Crippen LogP contribution in [0.3, 0.4) is 0 Å². The molecule has 2 aliphatic heterocycles. The summed E-state index contributed by atoms with van der Waals surface area (Å²) in [4.78, 5) is 14.7. The van der Waals surface area contributed by atoms with Gasteiger partial charge in [-0.2, -0.15) is 4.31 Å². The number of ether oxygens (including phenoxy) is 1. The number of hydrogen-bond acceptors (Lipinski definition) is 4. The summed E-state index contributed by atoms with van der Waals surface area (Å²) in [5.74, 6) is 0.741. The van der Waals surface area contributed by atoms with Crippen molar-refractivity contribution < 1.29 is 17.9 Å². The van der Waals surface area contributed by atoms with Gasteiger partial charge < -0.3 is 9.64 Å². The molecular weight excluding hydrogens is 364 g/mol. The van der Waals surface area contributed by atoms with Crippen molar-refractivity contribution in [2.24, 2.45) is 5.92 Å². The molecule has 7 heteroatoms. The minimum absolute atomic E-state index is 0.0570. The van der Waals surface area contributed by atoms with Gasteiger partial charge in [0, 0.05) is 32.1 Å². The van der Waals surface area contributed by atoms with Gasteiger partial charge in [0.25, 0.3) is 0 Å². The second kappa shape index (κ2) is 8.19. The first kappa shape index (κ1) is 20.1. The summed E-state index contributed by atoms with van der Waals surface area (Å²) >= 11 is 0. The molecule has 0 aliphatic carbocycles. The second-order valence-electron chi connectivity index (χ2n) is 7.78. The molecule has 3 rings (SSSR count). The van der Waals surface area contributed by atoms with Crippen molar-refractivity contribution in [1.29, 1.82) is 0 Å². The van der Waals surface area contributed by atoms with E-state index in [0.29, 0.717) is 31.7 Å². The van der Waals surface area contributed by atoms with Crippen LogP contribution in [0.25, 0.3) is 0 Å². The van der Waals surface area contributed by atoms with Crippen molar-refractivity contribution in [1.82, 2.24) is 9.21 Å². The van der Waals surface area contributed by atoms with E-state index in [1.807, 2.05) is 24.8 Å². The van der Waals surface area contributed by atoms with Crippen LogP contribution >= 0.6 is 0 Å². The number of piperidine rings is 1. The van der Waals surface area contributed by atoms with Crippen LogP contribution in [0.5, 0.6) is 5.75 Å². The fraction of sp³-hybridized carbons (Fsp3) is 0.650. The zero-order valence-corrected chi connectivity index (χ0v) is 17.3. The molecule has 6 nitrogen and oxygen atoms in total. The largest absolute Gasteiger partial charge is 0.495 e. The topological polar surface area (TPSA) is 66.9 Å². The van der Waals surface area contributed by atoms with Gasteiger partial charge in [0.15, 0.2) is 0 Å². The van der Waals surface area contributed by atoms with E-state index in [1.165, 1.54) is 11.4 Å². The zero-order chi connectivity index (χ0) is 19.6. The number of nitrogens with zero attached hydrogens (tertiary/aromatic N) is 2. The highest BCUT2D eigenvalue weighted by Gasteiger charge is 2.35. The number of methoxy groups -OCH3 is 1. The first-order chi connectivity index (χ1) is 12.8. The van der Waals surface area contributed by atoms with Crippen LogP contribution in [0, 0.1) is 5.92 Å². The van der Waals surface area contributed by atoms with E-state index in [4.69, 9.17) is 4.74 Å². The molecule has 0 aromatic heterocycles. The van der Waals surface area contributed by atoms with Crippen molar-refractivity contribution in [3.8, 4) is 5.75 Å². The average Bonchev–Trinajstić information content (AvgIpc) is 3.21. The molecule has 1 aromatic carbocycles. The molecule has 0 spiro atoms. The van der Waals surface area contributed by atoms with Gasteiger partial charge in [-0.3, -0.25) is 4.79 Å². The summed E-state index contributed by atoms with van der Waals surface area (Å²) in [5.41, 5.74) is 0.966. The molecule has 0 N–H and O–H groups in total. The highest BCUT2D eigenvalue weighted by molar-refractivity contribution is 7.89. The number of sulfonamides is 1. The normalized spacial score (nSPS) is 19.6. The van der Waals surface area contributed by atoms with Crippen LogP contribution in [0.2, 0.25) is 0 Å². The minimum Gasteiger partial charge on any atom is -0.495 e. The van der Waals surface area contributed by atoms with E-state index in [-0.39, 0.29) is 22.6 Å². The zero-order valence-electron chi connectivity index (χ0n) is 16.5. The number of hydrogen-bond donors (Lipinski definition) is 0. The third kappa shape index (κ3) is 4.14. The van der Waals surface area contributed by atoms with Crippen LogP contribution < -0.4 is 4.74 Å². The summed E-state index contributed by atoms with van der Waals surface area (Å²) in [6.45, 7) is 6.51. The van der Waals surface area contributed by atoms with Gasteiger partial charge in [0.05, 0.1) is 7.11 Å². The van der Waals surface area contributed by atoms with Crippen molar-refractivity contribution in [2.75, 3.05) is 33.3 Å². The maximum Gasteiger partial charge on any atom is 0.246 e. The van der Waals surface area contributed by atoms with Gasteiger partial charge in [0.2, 0.25) is 15.9 Å². The van der Waals surface area contributed by atoms with Crippen LogP contribution in [-0.2, 0) is 14.8 Å². The number of carbonyl (C=O) groups excluding carboxylic acids is 1. The predicted molar refractivity (Wildman–Crippen MR) is 104 cm³/mol. The summed E-state index contributed by atoms with van der Waals surface area (Å²) in [7, 11) is -2.16. The van der Waals surface area contributed by atoms with Crippen LogP contribution in [0.4, 0.5) is 0 Å². The van der Waals surface area contributed by atoms with Crippen molar-refractivity contribution >= 4 is 15.9 Å². The van der Waals surface area contributed by atoms with Gasteiger partial charge in [-0.25, -0.2) is 8.42 Å². The Hall–Kier alpha value is -1.60. The molecule has 2 heterocycles. The number of rotatable bonds is 5. The Balaban J connectivity index is 1.75. The fourth-order valence-corrected chi connectivity index (χ4v) is 5.59.